The molecule has 5 nitrogen and oxygen atoms in total. The summed E-state index contributed by atoms with van der Waals surface area (Å²) in [5, 5.41) is 1.89. The van der Waals surface area contributed by atoms with E-state index >= 15 is 0 Å². The monoisotopic (exact) mass is 341 g/mol. The number of hydrogen-bond donors (Lipinski definition) is 0. The molecule has 24 heavy (non-hydrogen) atoms. The second kappa shape index (κ2) is 6.95. The number of rotatable bonds is 4. The van der Waals surface area contributed by atoms with Gasteiger partial charge in [0.2, 0.25) is 0 Å². The van der Waals surface area contributed by atoms with E-state index in [1.54, 1.807) is 43.6 Å². The second-order valence-corrected chi connectivity index (χ2v) is 5.62. The van der Waals surface area contributed by atoms with E-state index in [0.717, 1.165) is 16.8 Å². The molecule has 0 saturated heterocycles. The first kappa shape index (κ1) is 16.4. The molecule has 0 bridgehead atoms. The van der Waals surface area contributed by atoms with Crippen molar-refractivity contribution in [3.05, 3.63) is 59.2 Å². The Morgan fingerprint density at radius 2 is 1.92 bits per heavy atom. The van der Waals surface area contributed by atoms with Crippen LogP contribution in [0.4, 0.5) is 0 Å². The lowest BCUT2D eigenvalue weighted by Gasteiger charge is -2.15. The first-order valence-corrected chi connectivity index (χ1v) is 7.90. The molecule has 1 amide bonds. The third-order valence-corrected chi connectivity index (χ3v) is 3.79. The van der Waals surface area contributed by atoms with Crippen LogP contribution in [0.15, 0.2) is 48.7 Å². The zero-order valence-electron chi connectivity index (χ0n) is 13.4. The Labute approximate surface area is 144 Å². The number of benzene rings is 2. The van der Waals surface area contributed by atoms with Crippen molar-refractivity contribution in [3.8, 4) is 11.3 Å². The molecule has 1 heterocycles. The zero-order chi connectivity index (χ0) is 17.1. The van der Waals surface area contributed by atoms with Crippen LogP contribution >= 0.6 is 11.6 Å². The number of halogens is 1. The van der Waals surface area contributed by atoms with Crippen LogP contribution in [0.1, 0.15) is 17.3 Å². The third-order valence-electron chi connectivity index (χ3n) is 3.54. The molecule has 0 aliphatic rings. The molecule has 0 aliphatic carbocycles. The fourth-order valence-corrected chi connectivity index (χ4v) is 2.46. The summed E-state index contributed by atoms with van der Waals surface area (Å²) in [7, 11) is 1.59. The lowest BCUT2D eigenvalue weighted by atomic mass is 10.1. The molecule has 0 aliphatic heterocycles. The number of fused-ring (bicyclic) bond motifs is 1. The molecule has 0 unspecified atom stereocenters. The van der Waals surface area contributed by atoms with Crippen LogP contribution in [0.3, 0.4) is 0 Å². The minimum absolute atomic E-state index is 0.225. The van der Waals surface area contributed by atoms with Gasteiger partial charge in [-0.3, -0.25) is 14.6 Å². The van der Waals surface area contributed by atoms with E-state index in [1.165, 1.54) is 5.06 Å². The molecule has 3 rings (SSSR count). The van der Waals surface area contributed by atoms with Crippen LogP contribution < -0.4 is 0 Å². The summed E-state index contributed by atoms with van der Waals surface area (Å²) in [6.45, 7) is 2.25. The highest BCUT2D eigenvalue weighted by Gasteiger charge is 2.13. The second-order valence-electron chi connectivity index (χ2n) is 5.19. The summed E-state index contributed by atoms with van der Waals surface area (Å²) >= 11 is 5.92. The van der Waals surface area contributed by atoms with Crippen LogP contribution in [-0.2, 0) is 4.84 Å². The Balaban J connectivity index is 1.99. The standard InChI is InChI=1S/C18H16ClN3O2/c1-3-24-22(2)18(23)13-6-9-15-16(10-13)21-17(11-20-15)12-4-7-14(19)8-5-12/h4-11H,3H2,1-2H3. The van der Waals surface area contributed by atoms with E-state index in [4.69, 9.17) is 16.4 Å². The molecule has 0 N–H and O–H groups in total. The molecule has 0 atom stereocenters. The van der Waals surface area contributed by atoms with Gasteiger partial charge < -0.3 is 0 Å². The topological polar surface area (TPSA) is 55.3 Å². The quantitative estimate of drug-likeness (QED) is 0.674. The summed E-state index contributed by atoms with van der Waals surface area (Å²) in [6.07, 6.45) is 1.71. The molecule has 2 aromatic carbocycles. The SMILES string of the molecule is CCON(C)C(=O)c1ccc2ncc(-c3ccc(Cl)cc3)nc2c1. The summed E-state index contributed by atoms with van der Waals surface area (Å²) < 4.78 is 0. The van der Waals surface area contributed by atoms with Gasteiger partial charge in [0, 0.05) is 23.2 Å². The Hall–Kier alpha value is -2.50. The predicted molar refractivity (Wildman–Crippen MR) is 93.7 cm³/mol. The van der Waals surface area contributed by atoms with Crippen molar-refractivity contribution in [3.63, 3.8) is 0 Å². The van der Waals surface area contributed by atoms with Crippen molar-refractivity contribution in [2.24, 2.45) is 0 Å². The van der Waals surface area contributed by atoms with Gasteiger partial charge >= 0.3 is 0 Å². The lowest BCUT2D eigenvalue weighted by molar-refractivity contribution is -0.100. The average Bonchev–Trinajstić information content (AvgIpc) is 2.61. The highest BCUT2D eigenvalue weighted by atomic mass is 35.5. The van der Waals surface area contributed by atoms with Crippen molar-refractivity contribution < 1.29 is 9.63 Å². The van der Waals surface area contributed by atoms with Gasteiger partial charge in [0.25, 0.3) is 5.91 Å². The Bertz CT molecular complexity index is 881. The Morgan fingerprint density at radius 3 is 2.62 bits per heavy atom. The van der Waals surface area contributed by atoms with E-state index in [1.807, 2.05) is 19.1 Å². The largest absolute Gasteiger partial charge is 0.277 e. The van der Waals surface area contributed by atoms with E-state index in [9.17, 15) is 4.79 Å². The first-order chi connectivity index (χ1) is 11.6. The molecular weight excluding hydrogens is 326 g/mol. The van der Waals surface area contributed by atoms with Gasteiger partial charge in [-0.05, 0) is 37.3 Å². The number of aromatic nitrogens is 2. The molecular formula is C18H16ClN3O2. The molecule has 0 fully saturated rings. The molecule has 1 aromatic heterocycles. The maximum absolute atomic E-state index is 12.3. The summed E-state index contributed by atoms with van der Waals surface area (Å²) in [6, 6.07) is 12.6. The van der Waals surface area contributed by atoms with Crippen molar-refractivity contribution in [1.82, 2.24) is 15.0 Å². The number of carbonyl (C=O) groups is 1. The van der Waals surface area contributed by atoms with Crippen LogP contribution in [0.2, 0.25) is 5.02 Å². The highest BCUT2D eigenvalue weighted by molar-refractivity contribution is 6.30. The molecule has 0 radical (unpaired) electrons. The van der Waals surface area contributed by atoms with Gasteiger partial charge in [0.15, 0.2) is 0 Å². The van der Waals surface area contributed by atoms with Gasteiger partial charge in [-0.25, -0.2) is 10.0 Å². The average molecular weight is 342 g/mol. The Kier molecular flexibility index (Phi) is 4.74. The van der Waals surface area contributed by atoms with E-state index < -0.39 is 0 Å². The summed E-state index contributed by atoms with van der Waals surface area (Å²) in [5.41, 5.74) is 3.52. The number of hydroxylamine groups is 2. The number of amides is 1. The van der Waals surface area contributed by atoms with Gasteiger partial charge in [-0.1, -0.05) is 23.7 Å². The molecule has 0 saturated carbocycles. The predicted octanol–water partition coefficient (Wildman–Crippen LogP) is 3.97. The minimum Gasteiger partial charge on any atom is -0.271 e. The van der Waals surface area contributed by atoms with Crippen LogP contribution in [0, 0.1) is 0 Å². The molecule has 3 aromatic rings. The van der Waals surface area contributed by atoms with Crippen LogP contribution in [0.25, 0.3) is 22.3 Å². The lowest BCUT2D eigenvalue weighted by Crippen LogP contribution is -2.26. The first-order valence-electron chi connectivity index (χ1n) is 7.52. The van der Waals surface area contributed by atoms with Gasteiger partial charge in [-0.15, -0.1) is 0 Å². The fraction of sp³-hybridized carbons (Fsp3) is 0.167. The van der Waals surface area contributed by atoms with Crippen molar-refractivity contribution >= 4 is 28.5 Å². The maximum Gasteiger partial charge on any atom is 0.277 e. The normalized spacial score (nSPS) is 10.8. The van der Waals surface area contributed by atoms with Crippen molar-refractivity contribution in [2.45, 2.75) is 6.92 Å². The van der Waals surface area contributed by atoms with E-state index in [-0.39, 0.29) is 5.91 Å². The van der Waals surface area contributed by atoms with Gasteiger partial charge in [0.05, 0.1) is 29.5 Å². The van der Waals surface area contributed by atoms with Gasteiger partial charge in [0.1, 0.15) is 0 Å². The molecule has 0 spiro atoms. The Morgan fingerprint density at radius 1 is 1.17 bits per heavy atom. The summed E-state index contributed by atoms with van der Waals surface area (Å²) in [5.74, 6) is -0.225. The van der Waals surface area contributed by atoms with Crippen LogP contribution in [-0.4, -0.2) is 34.6 Å². The molecule has 122 valence electrons. The summed E-state index contributed by atoms with van der Waals surface area (Å²) in [4.78, 5) is 26.5. The van der Waals surface area contributed by atoms with Crippen molar-refractivity contribution in [1.29, 1.82) is 0 Å². The van der Waals surface area contributed by atoms with E-state index in [2.05, 4.69) is 9.97 Å². The van der Waals surface area contributed by atoms with Crippen LogP contribution in [0.5, 0.6) is 0 Å². The smallest absolute Gasteiger partial charge is 0.271 e. The highest BCUT2D eigenvalue weighted by Crippen LogP contribution is 2.22. The molecule has 6 heteroatoms. The third kappa shape index (κ3) is 3.37. The number of nitrogens with zero attached hydrogens (tertiary/aromatic N) is 3. The van der Waals surface area contributed by atoms with Crippen molar-refractivity contribution in [2.75, 3.05) is 13.7 Å². The zero-order valence-corrected chi connectivity index (χ0v) is 14.1. The maximum atomic E-state index is 12.3. The minimum atomic E-state index is -0.225. The van der Waals surface area contributed by atoms with E-state index in [0.29, 0.717) is 22.7 Å². The van der Waals surface area contributed by atoms with Gasteiger partial charge in [-0.2, -0.15) is 0 Å². The number of hydrogen-bond acceptors (Lipinski definition) is 4. The fourth-order valence-electron chi connectivity index (χ4n) is 2.34. The number of carbonyl (C=O) groups excluding carboxylic acids is 1.